The Hall–Kier alpha value is -2.83. The quantitative estimate of drug-likeness (QED) is 0.886. The van der Waals surface area contributed by atoms with Crippen molar-refractivity contribution >= 4 is 11.8 Å². The van der Waals surface area contributed by atoms with Crippen molar-refractivity contribution in [2.24, 2.45) is 13.0 Å². The van der Waals surface area contributed by atoms with Crippen molar-refractivity contribution < 1.29 is 14.3 Å². The minimum Gasteiger partial charge on any atom is -0.496 e. The number of benzene rings is 1. The molecule has 2 atom stereocenters. The largest absolute Gasteiger partial charge is 0.496 e. The number of carbonyl (C=O) groups excluding carboxylic acids is 2. The highest BCUT2D eigenvalue weighted by Crippen LogP contribution is 2.34. The van der Waals surface area contributed by atoms with E-state index in [0.717, 1.165) is 5.82 Å². The van der Waals surface area contributed by atoms with Crippen LogP contribution >= 0.6 is 0 Å². The molecule has 1 saturated heterocycles. The highest BCUT2D eigenvalue weighted by Gasteiger charge is 2.37. The van der Waals surface area contributed by atoms with E-state index in [9.17, 15) is 9.59 Å². The number of imidazole rings is 1. The zero-order valence-corrected chi connectivity index (χ0v) is 15.3. The van der Waals surface area contributed by atoms with E-state index in [-0.39, 0.29) is 23.8 Å². The molecule has 7 heteroatoms. The SMILES string of the molecule is COc1ccccc1C(=O)NC[C@H]1CCC(=O)N(C)[C@@H]1c1nccn1C. The maximum absolute atomic E-state index is 12.6. The summed E-state index contributed by atoms with van der Waals surface area (Å²) in [6.45, 7) is 0.464. The molecular weight excluding hydrogens is 332 g/mol. The first-order chi connectivity index (χ1) is 12.5. The van der Waals surface area contributed by atoms with Crippen LogP contribution < -0.4 is 10.1 Å². The van der Waals surface area contributed by atoms with Gasteiger partial charge in [0.2, 0.25) is 5.91 Å². The topological polar surface area (TPSA) is 76.5 Å². The molecular formula is C19H24N4O3. The number of likely N-dealkylation sites (tertiary alicyclic amines) is 1. The van der Waals surface area contributed by atoms with Crippen molar-refractivity contribution in [2.75, 3.05) is 20.7 Å². The van der Waals surface area contributed by atoms with Gasteiger partial charge in [0.1, 0.15) is 11.6 Å². The van der Waals surface area contributed by atoms with Crippen LogP contribution in [0.5, 0.6) is 5.75 Å². The summed E-state index contributed by atoms with van der Waals surface area (Å²) >= 11 is 0. The number of hydrogen-bond donors (Lipinski definition) is 1. The van der Waals surface area contributed by atoms with Crippen LogP contribution in [-0.4, -0.2) is 47.0 Å². The van der Waals surface area contributed by atoms with Crippen LogP contribution in [0, 0.1) is 5.92 Å². The molecule has 1 aliphatic rings. The zero-order chi connectivity index (χ0) is 18.7. The molecule has 1 aliphatic heterocycles. The molecule has 7 nitrogen and oxygen atoms in total. The van der Waals surface area contributed by atoms with E-state index < -0.39 is 0 Å². The van der Waals surface area contributed by atoms with Crippen molar-refractivity contribution in [3.63, 3.8) is 0 Å². The molecule has 0 aliphatic carbocycles. The lowest BCUT2D eigenvalue weighted by molar-refractivity contribution is -0.137. The van der Waals surface area contributed by atoms with Crippen molar-refractivity contribution in [3.05, 3.63) is 48.0 Å². The number of ether oxygens (including phenoxy) is 1. The predicted molar refractivity (Wildman–Crippen MR) is 96.8 cm³/mol. The number of amides is 2. The van der Waals surface area contributed by atoms with E-state index >= 15 is 0 Å². The summed E-state index contributed by atoms with van der Waals surface area (Å²) in [6.07, 6.45) is 4.79. The van der Waals surface area contributed by atoms with E-state index in [1.54, 1.807) is 43.5 Å². The van der Waals surface area contributed by atoms with Gasteiger partial charge < -0.3 is 19.5 Å². The van der Waals surface area contributed by atoms with Gasteiger partial charge in [-0.25, -0.2) is 4.98 Å². The molecule has 2 heterocycles. The fraction of sp³-hybridized carbons (Fsp3) is 0.421. The molecule has 0 unspecified atom stereocenters. The lowest BCUT2D eigenvalue weighted by atomic mass is 9.88. The monoisotopic (exact) mass is 356 g/mol. The molecule has 1 fully saturated rings. The first-order valence-corrected chi connectivity index (χ1v) is 8.67. The molecule has 0 bridgehead atoms. The van der Waals surface area contributed by atoms with E-state index in [4.69, 9.17) is 4.74 Å². The Morgan fingerprint density at radius 3 is 2.81 bits per heavy atom. The minimum atomic E-state index is -0.180. The number of hydrogen-bond acceptors (Lipinski definition) is 4. The standard InChI is InChI=1S/C19H24N4O3/c1-22-11-10-20-18(22)17-13(8-9-16(24)23(17)2)12-21-19(25)14-6-4-5-7-15(14)26-3/h4-7,10-11,13,17H,8-9,12H2,1-3H3,(H,21,25)/t13-,17+/m1/s1. The van der Waals surface area contributed by atoms with Crippen LogP contribution in [0.15, 0.2) is 36.7 Å². The number of nitrogens with zero attached hydrogens (tertiary/aromatic N) is 3. The van der Waals surface area contributed by atoms with Crippen LogP contribution in [-0.2, 0) is 11.8 Å². The maximum Gasteiger partial charge on any atom is 0.255 e. The Kier molecular flexibility index (Phi) is 5.25. The van der Waals surface area contributed by atoms with E-state index in [1.807, 2.05) is 23.9 Å². The number of piperidine rings is 1. The first kappa shape index (κ1) is 18.0. The Morgan fingerprint density at radius 1 is 1.35 bits per heavy atom. The average Bonchev–Trinajstić information content (AvgIpc) is 3.07. The van der Waals surface area contributed by atoms with Crippen LogP contribution in [0.1, 0.15) is 35.1 Å². The Bertz CT molecular complexity index is 802. The normalized spacial score (nSPS) is 20.1. The Balaban J connectivity index is 1.76. The summed E-state index contributed by atoms with van der Waals surface area (Å²) in [5.41, 5.74) is 0.504. The second-order valence-electron chi connectivity index (χ2n) is 6.55. The molecule has 0 spiro atoms. The maximum atomic E-state index is 12.6. The molecule has 1 N–H and O–H groups in total. The summed E-state index contributed by atoms with van der Waals surface area (Å²) in [4.78, 5) is 30.9. The minimum absolute atomic E-state index is 0.0949. The van der Waals surface area contributed by atoms with Gasteiger partial charge in [-0.05, 0) is 18.6 Å². The fourth-order valence-corrected chi connectivity index (χ4v) is 3.53. The molecule has 1 aromatic heterocycles. The number of aryl methyl sites for hydroxylation is 1. The Labute approximate surface area is 153 Å². The zero-order valence-electron chi connectivity index (χ0n) is 15.3. The van der Waals surface area contributed by atoms with Crippen LogP contribution in [0.4, 0.5) is 0 Å². The van der Waals surface area contributed by atoms with Crippen LogP contribution in [0.3, 0.4) is 0 Å². The van der Waals surface area contributed by atoms with Gasteiger partial charge in [-0.2, -0.15) is 0 Å². The molecule has 2 amide bonds. The number of nitrogens with one attached hydrogen (secondary N) is 1. The molecule has 0 radical (unpaired) electrons. The lowest BCUT2D eigenvalue weighted by Gasteiger charge is -2.38. The number of carbonyl (C=O) groups is 2. The molecule has 0 saturated carbocycles. The summed E-state index contributed by atoms with van der Waals surface area (Å²) in [6, 6.07) is 6.98. The van der Waals surface area contributed by atoms with Crippen LogP contribution in [0.25, 0.3) is 0 Å². The Morgan fingerprint density at radius 2 is 2.12 bits per heavy atom. The molecule has 3 rings (SSSR count). The predicted octanol–water partition coefficient (Wildman–Crippen LogP) is 1.77. The van der Waals surface area contributed by atoms with Crippen molar-refractivity contribution in [1.29, 1.82) is 0 Å². The lowest BCUT2D eigenvalue weighted by Crippen LogP contribution is -2.45. The second kappa shape index (κ2) is 7.59. The number of aromatic nitrogens is 2. The number of para-hydroxylation sites is 1. The molecule has 1 aromatic carbocycles. The van der Waals surface area contributed by atoms with Gasteiger partial charge in [-0.15, -0.1) is 0 Å². The summed E-state index contributed by atoms with van der Waals surface area (Å²) < 4.78 is 7.18. The third-order valence-electron chi connectivity index (χ3n) is 4.99. The summed E-state index contributed by atoms with van der Waals surface area (Å²) in [5, 5.41) is 3.00. The first-order valence-electron chi connectivity index (χ1n) is 8.67. The number of methoxy groups -OCH3 is 1. The molecule has 2 aromatic rings. The second-order valence-corrected chi connectivity index (χ2v) is 6.55. The highest BCUT2D eigenvalue weighted by atomic mass is 16.5. The van der Waals surface area contributed by atoms with Crippen LogP contribution in [0.2, 0.25) is 0 Å². The summed E-state index contributed by atoms with van der Waals surface area (Å²) in [5.74, 6) is 1.39. The van der Waals surface area contributed by atoms with Crippen molar-refractivity contribution in [3.8, 4) is 5.75 Å². The van der Waals surface area contributed by atoms with Crippen molar-refractivity contribution in [2.45, 2.75) is 18.9 Å². The van der Waals surface area contributed by atoms with Crippen molar-refractivity contribution in [1.82, 2.24) is 19.8 Å². The average molecular weight is 356 g/mol. The van der Waals surface area contributed by atoms with Gasteiger partial charge in [-0.1, -0.05) is 12.1 Å². The van der Waals surface area contributed by atoms with E-state index in [2.05, 4.69) is 10.3 Å². The van der Waals surface area contributed by atoms with Gasteiger partial charge >= 0.3 is 0 Å². The third kappa shape index (κ3) is 3.42. The van der Waals surface area contributed by atoms with Gasteiger partial charge in [0.05, 0.1) is 18.7 Å². The van der Waals surface area contributed by atoms with E-state index in [1.165, 1.54) is 0 Å². The highest BCUT2D eigenvalue weighted by molar-refractivity contribution is 5.96. The fourth-order valence-electron chi connectivity index (χ4n) is 3.53. The van der Waals surface area contributed by atoms with Gasteiger partial charge in [0, 0.05) is 45.4 Å². The third-order valence-corrected chi connectivity index (χ3v) is 4.99. The van der Waals surface area contributed by atoms with Gasteiger partial charge in [-0.3, -0.25) is 9.59 Å². The molecule has 26 heavy (non-hydrogen) atoms. The number of rotatable bonds is 5. The van der Waals surface area contributed by atoms with Gasteiger partial charge in [0.15, 0.2) is 0 Å². The van der Waals surface area contributed by atoms with Gasteiger partial charge in [0.25, 0.3) is 5.91 Å². The smallest absolute Gasteiger partial charge is 0.255 e. The van der Waals surface area contributed by atoms with E-state index in [0.29, 0.717) is 30.7 Å². The summed E-state index contributed by atoms with van der Waals surface area (Å²) in [7, 11) is 5.26. The molecule has 138 valence electrons.